The lowest BCUT2D eigenvalue weighted by atomic mass is 10.1. The summed E-state index contributed by atoms with van der Waals surface area (Å²) in [6.07, 6.45) is 5.26. The molecule has 0 aliphatic carbocycles. The van der Waals surface area contributed by atoms with E-state index < -0.39 is 0 Å². The van der Waals surface area contributed by atoms with Crippen molar-refractivity contribution in [3.63, 3.8) is 0 Å². The summed E-state index contributed by atoms with van der Waals surface area (Å²) in [4.78, 5) is 17.5. The van der Waals surface area contributed by atoms with Crippen LogP contribution >= 0.6 is 11.6 Å². The largest absolute Gasteiger partial charge is 0.495 e. The van der Waals surface area contributed by atoms with Crippen molar-refractivity contribution in [2.24, 2.45) is 0 Å². The molecule has 0 bridgehead atoms. The molecule has 140 valence electrons. The molecule has 2 aromatic heterocycles. The first-order chi connectivity index (χ1) is 13.6. The molecule has 5 rings (SSSR count). The zero-order valence-corrected chi connectivity index (χ0v) is 15.5. The highest BCUT2D eigenvalue weighted by Gasteiger charge is 2.16. The van der Waals surface area contributed by atoms with Gasteiger partial charge in [-0.25, -0.2) is 4.98 Å². The molecule has 1 aliphatic rings. The number of nitrogens with zero attached hydrogens (tertiary/aromatic N) is 3. The van der Waals surface area contributed by atoms with Crippen LogP contribution in [0.25, 0.3) is 22.6 Å². The summed E-state index contributed by atoms with van der Waals surface area (Å²) in [5.74, 6) is 1.91. The Hall–Kier alpha value is -3.45. The van der Waals surface area contributed by atoms with E-state index >= 15 is 0 Å². The van der Waals surface area contributed by atoms with E-state index in [1.165, 1.54) is 4.57 Å². The Bertz CT molecular complexity index is 1280. The third-order valence-corrected chi connectivity index (χ3v) is 4.90. The van der Waals surface area contributed by atoms with Crippen molar-refractivity contribution in [1.82, 2.24) is 14.0 Å². The second-order valence-corrected chi connectivity index (χ2v) is 6.62. The zero-order chi connectivity index (χ0) is 19.3. The molecule has 7 nitrogen and oxygen atoms in total. The monoisotopic (exact) mass is 395 g/mol. The van der Waals surface area contributed by atoms with Gasteiger partial charge in [-0.05, 0) is 36.4 Å². The van der Waals surface area contributed by atoms with Crippen LogP contribution in [-0.4, -0.2) is 27.9 Å². The van der Waals surface area contributed by atoms with Crippen molar-refractivity contribution in [1.29, 1.82) is 0 Å². The quantitative estimate of drug-likeness (QED) is 0.530. The van der Waals surface area contributed by atoms with Crippen LogP contribution < -0.4 is 19.8 Å². The van der Waals surface area contributed by atoms with Crippen LogP contribution in [0, 0.1) is 0 Å². The van der Waals surface area contributed by atoms with Crippen LogP contribution in [0.1, 0.15) is 0 Å². The van der Waals surface area contributed by atoms with Crippen molar-refractivity contribution in [2.75, 3.05) is 13.9 Å². The topological polar surface area (TPSA) is 67.0 Å². The summed E-state index contributed by atoms with van der Waals surface area (Å²) in [7, 11) is 1.54. The molecule has 0 amide bonds. The highest BCUT2D eigenvalue weighted by molar-refractivity contribution is 6.32. The van der Waals surface area contributed by atoms with E-state index in [1.54, 1.807) is 48.3 Å². The van der Waals surface area contributed by atoms with Gasteiger partial charge in [0.2, 0.25) is 12.4 Å². The number of halogens is 1. The lowest BCUT2D eigenvalue weighted by Gasteiger charge is -2.08. The van der Waals surface area contributed by atoms with Crippen molar-refractivity contribution in [3.05, 3.63) is 70.4 Å². The number of rotatable bonds is 3. The van der Waals surface area contributed by atoms with Crippen LogP contribution in [-0.2, 0) is 0 Å². The smallest absolute Gasteiger partial charge is 0.298 e. The first-order valence-electron chi connectivity index (χ1n) is 8.48. The molecule has 0 saturated heterocycles. The van der Waals surface area contributed by atoms with E-state index in [4.69, 9.17) is 25.8 Å². The maximum Gasteiger partial charge on any atom is 0.298 e. The van der Waals surface area contributed by atoms with Crippen molar-refractivity contribution >= 4 is 17.2 Å². The number of hydrogen-bond acceptors (Lipinski definition) is 5. The average molecular weight is 396 g/mol. The summed E-state index contributed by atoms with van der Waals surface area (Å²) in [5.41, 5.74) is 2.19. The molecule has 2 aromatic carbocycles. The van der Waals surface area contributed by atoms with Gasteiger partial charge >= 0.3 is 0 Å². The van der Waals surface area contributed by atoms with Gasteiger partial charge in [0.05, 0.1) is 23.5 Å². The Morgan fingerprint density at radius 3 is 2.79 bits per heavy atom. The predicted molar refractivity (Wildman–Crippen MR) is 104 cm³/mol. The molecule has 0 spiro atoms. The molecular weight excluding hydrogens is 382 g/mol. The normalized spacial score (nSPS) is 12.5. The predicted octanol–water partition coefficient (Wildman–Crippen LogP) is 3.54. The van der Waals surface area contributed by atoms with Gasteiger partial charge in [0, 0.05) is 24.2 Å². The second-order valence-electron chi connectivity index (χ2n) is 6.22. The first-order valence-corrected chi connectivity index (χ1v) is 8.86. The fourth-order valence-corrected chi connectivity index (χ4v) is 3.43. The molecule has 0 radical (unpaired) electrons. The van der Waals surface area contributed by atoms with Gasteiger partial charge in [-0.2, -0.15) is 0 Å². The molecule has 0 fully saturated rings. The molecule has 0 N–H and O–H groups in total. The number of methoxy groups -OCH3 is 1. The molecule has 3 heterocycles. The van der Waals surface area contributed by atoms with E-state index in [1.807, 2.05) is 18.2 Å². The Morgan fingerprint density at radius 2 is 1.96 bits per heavy atom. The lowest BCUT2D eigenvalue weighted by Crippen LogP contribution is -2.19. The number of benzene rings is 2. The van der Waals surface area contributed by atoms with Gasteiger partial charge in [0.15, 0.2) is 11.5 Å². The third-order valence-electron chi connectivity index (χ3n) is 4.60. The first kappa shape index (κ1) is 16.7. The number of ether oxygens (including phenoxy) is 3. The minimum Gasteiger partial charge on any atom is -0.495 e. The Morgan fingerprint density at radius 1 is 1.11 bits per heavy atom. The lowest BCUT2D eigenvalue weighted by molar-refractivity contribution is 0.174. The SMILES string of the molecule is COc1ccc(-n2ccn3cc(-c4ccc5c(c4)OCO5)nc3c2=O)cc1Cl. The molecule has 8 heteroatoms. The number of hydrogen-bond donors (Lipinski definition) is 0. The zero-order valence-electron chi connectivity index (χ0n) is 14.8. The standard InChI is InChI=1S/C20H14ClN3O4/c1-26-16-5-3-13(9-14(16)21)24-7-6-23-10-15(22-19(23)20(24)25)12-2-4-17-18(8-12)28-11-27-17/h2-10H,11H2,1H3. The summed E-state index contributed by atoms with van der Waals surface area (Å²) in [6.45, 7) is 0.207. The minimum atomic E-state index is -0.254. The summed E-state index contributed by atoms with van der Waals surface area (Å²) >= 11 is 6.20. The Kier molecular flexibility index (Phi) is 3.77. The Balaban J connectivity index is 1.61. The molecule has 4 aromatic rings. The van der Waals surface area contributed by atoms with Gasteiger partial charge in [-0.15, -0.1) is 0 Å². The van der Waals surface area contributed by atoms with Gasteiger partial charge in [0.1, 0.15) is 5.75 Å². The van der Waals surface area contributed by atoms with Gasteiger partial charge in [0.25, 0.3) is 5.56 Å². The fourth-order valence-electron chi connectivity index (χ4n) is 3.18. The number of fused-ring (bicyclic) bond motifs is 2. The molecule has 0 atom stereocenters. The summed E-state index contributed by atoms with van der Waals surface area (Å²) in [6, 6.07) is 10.7. The minimum absolute atomic E-state index is 0.207. The summed E-state index contributed by atoms with van der Waals surface area (Å²) < 4.78 is 19.1. The van der Waals surface area contributed by atoms with Crippen LogP contribution in [0.3, 0.4) is 0 Å². The van der Waals surface area contributed by atoms with E-state index in [-0.39, 0.29) is 12.4 Å². The third kappa shape index (κ3) is 2.59. The maximum atomic E-state index is 13.0. The van der Waals surface area contributed by atoms with Gasteiger partial charge in [-0.3, -0.25) is 9.36 Å². The van der Waals surface area contributed by atoms with Crippen LogP contribution in [0.5, 0.6) is 17.2 Å². The summed E-state index contributed by atoms with van der Waals surface area (Å²) in [5, 5.41) is 0.427. The van der Waals surface area contributed by atoms with Crippen molar-refractivity contribution in [2.45, 2.75) is 0 Å². The van der Waals surface area contributed by atoms with Crippen molar-refractivity contribution < 1.29 is 14.2 Å². The molecule has 28 heavy (non-hydrogen) atoms. The second kappa shape index (κ2) is 6.31. The van der Waals surface area contributed by atoms with Gasteiger partial charge < -0.3 is 18.6 Å². The number of imidazole rings is 1. The number of aromatic nitrogens is 3. The van der Waals surface area contributed by atoms with Crippen LogP contribution in [0.4, 0.5) is 0 Å². The molecular formula is C20H14ClN3O4. The van der Waals surface area contributed by atoms with E-state index in [9.17, 15) is 4.79 Å². The van der Waals surface area contributed by atoms with Crippen LogP contribution in [0.15, 0.2) is 59.8 Å². The molecule has 0 unspecified atom stereocenters. The van der Waals surface area contributed by atoms with Gasteiger partial charge in [-0.1, -0.05) is 11.6 Å². The fraction of sp³-hybridized carbons (Fsp3) is 0.100. The highest BCUT2D eigenvalue weighted by Crippen LogP contribution is 2.35. The highest BCUT2D eigenvalue weighted by atomic mass is 35.5. The maximum absolute atomic E-state index is 13.0. The molecule has 0 saturated carbocycles. The van der Waals surface area contributed by atoms with E-state index in [2.05, 4.69) is 4.98 Å². The van der Waals surface area contributed by atoms with E-state index in [0.717, 1.165) is 5.56 Å². The average Bonchev–Trinajstić information content (AvgIpc) is 3.35. The van der Waals surface area contributed by atoms with Crippen molar-refractivity contribution in [3.8, 4) is 34.2 Å². The Labute approximate surface area is 164 Å². The van der Waals surface area contributed by atoms with Crippen LogP contribution in [0.2, 0.25) is 5.02 Å². The molecule has 1 aliphatic heterocycles. The van der Waals surface area contributed by atoms with E-state index in [0.29, 0.717) is 39.3 Å².